The molecular weight excluding hydrogens is 252 g/mol. The second-order valence-electron chi connectivity index (χ2n) is 3.93. The number of likely N-dealkylation sites (N-methyl/N-ethyl adjacent to an activating group) is 1. The van der Waals surface area contributed by atoms with E-state index in [1.54, 1.807) is 25.1 Å². The zero-order valence-electron chi connectivity index (χ0n) is 11.0. The third-order valence-electron chi connectivity index (χ3n) is 2.77. The largest absolute Gasteiger partial charge is 0.496 e. The zero-order chi connectivity index (χ0) is 13.5. The normalized spacial score (nSPS) is 10.2. The van der Waals surface area contributed by atoms with E-state index >= 15 is 0 Å². The van der Waals surface area contributed by atoms with Crippen molar-refractivity contribution >= 4 is 17.5 Å². The Kier molecular flexibility index (Phi) is 5.95. The van der Waals surface area contributed by atoms with Crippen molar-refractivity contribution in [2.75, 3.05) is 27.2 Å². The summed E-state index contributed by atoms with van der Waals surface area (Å²) in [7, 11) is 3.38. The zero-order valence-corrected chi connectivity index (χ0v) is 11.8. The standard InChI is InChI=1S/C13H19ClN2O2/c1-4-16(2)13(17)9-15-8-10-11(14)6-5-7-12(10)18-3/h5-7,15H,4,8-9H2,1-3H3. The number of halogens is 1. The summed E-state index contributed by atoms with van der Waals surface area (Å²) in [5, 5.41) is 3.71. The first kappa shape index (κ1) is 14.8. The van der Waals surface area contributed by atoms with Crippen molar-refractivity contribution in [3.05, 3.63) is 28.8 Å². The van der Waals surface area contributed by atoms with Gasteiger partial charge in [-0.2, -0.15) is 0 Å². The summed E-state index contributed by atoms with van der Waals surface area (Å²) in [4.78, 5) is 13.3. The van der Waals surface area contributed by atoms with Crippen molar-refractivity contribution in [3.63, 3.8) is 0 Å². The second-order valence-corrected chi connectivity index (χ2v) is 4.34. The van der Waals surface area contributed by atoms with Crippen molar-refractivity contribution < 1.29 is 9.53 Å². The molecule has 0 aliphatic carbocycles. The first-order valence-corrected chi connectivity index (χ1v) is 6.24. The van der Waals surface area contributed by atoms with Crippen LogP contribution in [0.3, 0.4) is 0 Å². The Balaban J connectivity index is 2.56. The van der Waals surface area contributed by atoms with Crippen molar-refractivity contribution in [3.8, 4) is 5.75 Å². The van der Waals surface area contributed by atoms with Crippen LogP contribution in [0.2, 0.25) is 5.02 Å². The van der Waals surface area contributed by atoms with Gasteiger partial charge in [0.2, 0.25) is 5.91 Å². The maximum Gasteiger partial charge on any atom is 0.236 e. The summed E-state index contributed by atoms with van der Waals surface area (Å²) < 4.78 is 5.23. The van der Waals surface area contributed by atoms with Gasteiger partial charge < -0.3 is 15.0 Å². The molecule has 0 bridgehead atoms. The number of hydrogen-bond acceptors (Lipinski definition) is 3. The molecule has 1 rings (SSSR count). The molecule has 4 nitrogen and oxygen atoms in total. The van der Waals surface area contributed by atoms with Crippen molar-refractivity contribution in [2.24, 2.45) is 0 Å². The third-order valence-corrected chi connectivity index (χ3v) is 3.13. The van der Waals surface area contributed by atoms with E-state index in [4.69, 9.17) is 16.3 Å². The lowest BCUT2D eigenvalue weighted by atomic mass is 10.2. The van der Waals surface area contributed by atoms with Gasteiger partial charge in [-0.25, -0.2) is 0 Å². The van der Waals surface area contributed by atoms with Crippen molar-refractivity contribution in [2.45, 2.75) is 13.5 Å². The van der Waals surface area contributed by atoms with Gasteiger partial charge in [-0.15, -0.1) is 0 Å². The molecule has 1 aromatic carbocycles. The summed E-state index contributed by atoms with van der Waals surface area (Å²) in [6.07, 6.45) is 0. The molecule has 5 heteroatoms. The Morgan fingerprint density at radius 3 is 2.83 bits per heavy atom. The molecule has 0 fully saturated rings. The maximum atomic E-state index is 11.6. The third kappa shape index (κ3) is 3.89. The van der Waals surface area contributed by atoms with Crippen LogP contribution in [0.25, 0.3) is 0 Å². The summed E-state index contributed by atoms with van der Waals surface area (Å²) in [6, 6.07) is 5.49. The highest BCUT2D eigenvalue weighted by Gasteiger charge is 2.09. The van der Waals surface area contributed by atoms with E-state index in [1.165, 1.54) is 0 Å². The average molecular weight is 271 g/mol. The first-order chi connectivity index (χ1) is 8.60. The number of amides is 1. The van der Waals surface area contributed by atoms with Crippen LogP contribution in [0.1, 0.15) is 12.5 Å². The highest BCUT2D eigenvalue weighted by molar-refractivity contribution is 6.31. The predicted molar refractivity (Wildman–Crippen MR) is 73.0 cm³/mol. The Morgan fingerprint density at radius 2 is 2.22 bits per heavy atom. The number of carbonyl (C=O) groups is 1. The summed E-state index contributed by atoms with van der Waals surface area (Å²) >= 11 is 6.10. The van der Waals surface area contributed by atoms with Crippen LogP contribution in [0.4, 0.5) is 0 Å². The van der Waals surface area contributed by atoms with Crippen LogP contribution < -0.4 is 10.1 Å². The van der Waals surface area contributed by atoms with Crippen molar-refractivity contribution in [1.82, 2.24) is 10.2 Å². The Bertz CT molecular complexity index is 410. The minimum atomic E-state index is 0.0588. The van der Waals surface area contributed by atoms with Gasteiger partial charge in [-0.1, -0.05) is 17.7 Å². The fraction of sp³-hybridized carbons (Fsp3) is 0.462. The van der Waals surface area contributed by atoms with E-state index in [1.807, 2.05) is 19.1 Å². The fourth-order valence-corrected chi connectivity index (χ4v) is 1.74. The molecule has 18 heavy (non-hydrogen) atoms. The Labute approximate surface area is 113 Å². The smallest absolute Gasteiger partial charge is 0.236 e. The van der Waals surface area contributed by atoms with Crippen molar-refractivity contribution in [1.29, 1.82) is 0 Å². The SMILES string of the molecule is CCN(C)C(=O)CNCc1c(Cl)cccc1OC. The minimum Gasteiger partial charge on any atom is -0.496 e. The predicted octanol–water partition coefficient (Wildman–Crippen LogP) is 1.92. The van der Waals surface area contributed by atoms with E-state index in [-0.39, 0.29) is 5.91 Å². The van der Waals surface area contributed by atoms with E-state index < -0.39 is 0 Å². The van der Waals surface area contributed by atoms with E-state index in [0.29, 0.717) is 24.7 Å². The lowest BCUT2D eigenvalue weighted by molar-refractivity contribution is -0.128. The topological polar surface area (TPSA) is 41.6 Å². The lowest BCUT2D eigenvalue weighted by Crippen LogP contribution is -2.35. The molecule has 0 aliphatic heterocycles. The fourth-order valence-electron chi connectivity index (χ4n) is 1.51. The highest BCUT2D eigenvalue weighted by atomic mass is 35.5. The minimum absolute atomic E-state index is 0.0588. The van der Waals surface area contributed by atoms with Gasteiger partial charge in [0, 0.05) is 30.7 Å². The Hall–Kier alpha value is -1.26. The molecule has 0 unspecified atom stereocenters. The maximum absolute atomic E-state index is 11.6. The van der Waals surface area contributed by atoms with Crippen LogP contribution in [0.15, 0.2) is 18.2 Å². The molecule has 1 N–H and O–H groups in total. The number of nitrogens with zero attached hydrogens (tertiary/aromatic N) is 1. The van der Waals surface area contributed by atoms with Crippen LogP contribution >= 0.6 is 11.6 Å². The Morgan fingerprint density at radius 1 is 1.50 bits per heavy atom. The average Bonchev–Trinajstić information content (AvgIpc) is 2.39. The monoisotopic (exact) mass is 270 g/mol. The molecule has 0 atom stereocenters. The van der Waals surface area contributed by atoms with E-state index in [0.717, 1.165) is 11.3 Å². The molecule has 0 heterocycles. The van der Waals surface area contributed by atoms with E-state index in [9.17, 15) is 4.79 Å². The molecule has 0 aliphatic rings. The van der Waals surface area contributed by atoms with Gasteiger partial charge in [0.15, 0.2) is 0 Å². The van der Waals surface area contributed by atoms with Gasteiger partial charge in [0.05, 0.1) is 13.7 Å². The van der Waals surface area contributed by atoms with E-state index in [2.05, 4.69) is 5.32 Å². The first-order valence-electron chi connectivity index (χ1n) is 5.86. The molecule has 0 aromatic heterocycles. The molecule has 0 saturated carbocycles. The number of nitrogens with one attached hydrogen (secondary N) is 1. The van der Waals surface area contributed by atoms with Gasteiger partial charge >= 0.3 is 0 Å². The molecule has 0 spiro atoms. The second kappa shape index (κ2) is 7.24. The summed E-state index contributed by atoms with van der Waals surface area (Å²) in [6.45, 7) is 3.44. The van der Waals surface area contributed by atoms with Crippen LogP contribution in [0.5, 0.6) is 5.75 Å². The molecule has 0 radical (unpaired) electrons. The van der Waals surface area contributed by atoms with Crippen LogP contribution in [-0.2, 0) is 11.3 Å². The molecule has 1 amide bonds. The number of benzene rings is 1. The number of carbonyl (C=O) groups excluding carboxylic acids is 1. The summed E-state index contributed by atoms with van der Waals surface area (Å²) in [5.41, 5.74) is 0.869. The molecule has 100 valence electrons. The van der Waals surface area contributed by atoms with Gasteiger partial charge in [-0.05, 0) is 19.1 Å². The van der Waals surface area contributed by atoms with Crippen LogP contribution in [-0.4, -0.2) is 38.1 Å². The number of methoxy groups -OCH3 is 1. The van der Waals surface area contributed by atoms with Gasteiger partial charge in [0.1, 0.15) is 5.75 Å². The van der Waals surface area contributed by atoms with Crippen LogP contribution in [0, 0.1) is 0 Å². The highest BCUT2D eigenvalue weighted by Crippen LogP contribution is 2.25. The number of rotatable bonds is 6. The van der Waals surface area contributed by atoms with Gasteiger partial charge in [-0.3, -0.25) is 4.79 Å². The van der Waals surface area contributed by atoms with Gasteiger partial charge in [0.25, 0.3) is 0 Å². The molecule has 0 saturated heterocycles. The quantitative estimate of drug-likeness (QED) is 0.859. The number of hydrogen-bond donors (Lipinski definition) is 1. The molecule has 1 aromatic rings. The summed E-state index contributed by atoms with van der Waals surface area (Å²) in [5.74, 6) is 0.787. The lowest BCUT2D eigenvalue weighted by Gasteiger charge is -2.15. The molecular formula is C13H19ClN2O2. The number of ether oxygens (including phenoxy) is 1.